The summed E-state index contributed by atoms with van der Waals surface area (Å²) in [5, 5.41) is 0. The smallest absolute Gasteiger partial charge is 0.254 e. The van der Waals surface area contributed by atoms with Gasteiger partial charge in [-0.15, -0.1) is 0 Å². The maximum atomic E-state index is 13.0. The number of hydrogen-bond donors (Lipinski definition) is 0. The molecule has 0 aliphatic rings. The van der Waals surface area contributed by atoms with Gasteiger partial charge in [0.1, 0.15) is 0 Å². The molecule has 0 aliphatic carbocycles. The minimum atomic E-state index is 0.0831. The molecule has 0 saturated carbocycles. The lowest BCUT2D eigenvalue weighted by atomic mass is 10.1. The van der Waals surface area contributed by atoms with Crippen LogP contribution >= 0.6 is 0 Å². The zero-order valence-electron chi connectivity index (χ0n) is 14.6. The molecule has 1 amide bonds. The van der Waals surface area contributed by atoms with E-state index in [4.69, 9.17) is 0 Å². The van der Waals surface area contributed by atoms with E-state index in [0.717, 1.165) is 23.1 Å². The molecular formula is C23H23NO. The van der Waals surface area contributed by atoms with Crippen LogP contribution in [0.2, 0.25) is 0 Å². The second-order valence-corrected chi connectivity index (χ2v) is 6.31. The first kappa shape index (κ1) is 17.0. The first-order chi connectivity index (χ1) is 12.2. The molecule has 0 N–H and O–H groups in total. The highest BCUT2D eigenvalue weighted by Gasteiger charge is 2.16. The minimum absolute atomic E-state index is 0.0831. The first-order valence-corrected chi connectivity index (χ1v) is 8.66. The topological polar surface area (TPSA) is 20.3 Å². The quantitative estimate of drug-likeness (QED) is 0.631. The van der Waals surface area contributed by atoms with Crippen LogP contribution in [0.15, 0.2) is 84.9 Å². The fourth-order valence-electron chi connectivity index (χ4n) is 2.84. The minimum Gasteiger partial charge on any atom is -0.334 e. The summed E-state index contributed by atoms with van der Waals surface area (Å²) in [6, 6.07) is 28.3. The molecule has 0 spiro atoms. The van der Waals surface area contributed by atoms with Gasteiger partial charge in [-0.25, -0.2) is 0 Å². The number of carbonyl (C=O) groups excluding carboxylic acids is 1. The lowest BCUT2D eigenvalue weighted by Gasteiger charge is -2.23. The molecule has 0 unspecified atom stereocenters. The van der Waals surface area contributed by atoms with Crippen molar-refractivity contribution in [3.8, 4) is 0 Å². The molecule has 0 saturated heterocycles. The molecule has 0 bridgehead atoms. The van der Waals surface area contributed by atoms with E-state index in [2.05, 4.69) is 24.3 Å². The van der Waals surface area contributed by atoms with Gasteiger partial charge in [0.05, 0.1) is 0 Å². The standard InChI is InChI=1S/C23H23NO/c1-19-12-14-22(15-13-19)23(25)24(18-21-10-6-3-7-11-21)17-16-20-8-4-2-5-9-20/h2-15H,16-18H2,1H3. The van der Waals surface area contributed by atoms with Gasteiger partial charge >= 0.3 is 0 Å². The highest BCUT2D eigenvalue weighted by atomic mass is 16.2. The van der Waals surface area contributed by atoms with E-state index < -0.39 is 0 Å². The van der Waals surface area contributed by atoms with Gasteiger partial charge in [-0.1, -0.05) is 78.4 Å². The van der Waals surface area contributed by atoms with Crippen molar-refractivity contribution in [2.45, 2.75) is 19.9 Å². The van der Waals surface area contributed by atoms with Crippen molar-refractivity contribution in [3.05, 3.63) is 107 Å². The van der Waals surface area contributed by atoms with E-state index in [0.29, 0.717) is 13.1 Å². The summed E-state index contributed by atoms with van der Waals surface area (Å²) < 4.78 is 0. The third-order valence-corrected chi connectivity index (χ3v) is 4.32. The number of hydrogen-bond acceptors (Lipinski definition) is 1. The van der Waals surface area contributed by atoms with Crippen molar-refractivity contribution >= 4 is 5.91 Å². The van der Waals surface area contributed by atoms with Gasteiger partial charge in [0, 0.05) is 18.7 Å². The zero-order valence-corrected chi connectivity index (χ0v) is 14.6. The maximum Gasteiger partial charge on any atom is 0.254 e. The summed E-state index contributed by atoms with van der Waals surface area (Å²) >= 11 is 0. The SMILES string of the molecule is Cc1ccc(C(=O)N(CCc2ccccc2)Cc2ccccc2)cc1. The highest BCUT2D eigenvalue weighted by molar-refractivity contribution is 5.94. The monoisotopic (exact) mass is 329 g/mol. The molecule has 3 aromatic carbocycles. The first-order valence-electron chi connectivity index (χ1n) is 8.66. The Bertz CT molecular complexity index is 795. The summed E-state index contributed by atoms with van der Waals surface area (Å²) in [6.45, 7) is 3.36. The Morgan fingerprint density at radius 2 is 1.32 bits per heavy atom. The Hall–Kier alpha value is -2.87. The van der Waals surface area contributed by atoms with Crippen molar-refractivity contribution < 1.29 is 4.79 Å². The molecular weight excluding hydrogens is 306 g/mol. The van der Waals surface area contributed by atoms with Gasteiger partial charge in [0.25, 0.3) is 5.91 Å². The summed E-state index contributed by atoms with van der Waals surface area (Å²) in [6.07, 6.45) is 0.852. The third kappa shape index (κ3) is 4.80. The Morgan fingerprint density at radius 3 is 1.92 bits per heavy atom. The van der Waals surface area contributed by atoms with Crippen LogP contribution in [0.1, 0.15) is 27.0 Å². The van der Waals surface area contributed by atoms with Crippen molar-refractivity contribution in [2.75, 3.05) is 6.54 Å². The lowest BCUT2D eigenvalue weighted by Crippen LogP contribution is -2.32. The van der Waals surface area contributed by atoms with E-state index in [-0.39, 0.29) is 5.91 Å². The van der Waals surface area contributed by atoms with Crippen molar-refractivity contribution in [2.24, 2.45) is 0 Å². The largest absolute Gasteiger partial charge is 0.334 e. The molecule has 2 heteroatoms. The summed E-state index contributed by atoms with van der Waals surface area (Å²) in [5.41, 5.74) is 4.30. The number of rotatable bonds is 6. The van der Waals surface area contributed by atoms with Crippen LogP contribution in [0, 0.1) is 6.92 Å². The summed E-state index contributed by atoms with van der Waals surface area (Å²) in [5.74, 6) is 0.0831. The molecule has 0 radical (unpaired) electrons. The number of nitrogens with zero attached hydrogens (tertiary/aromatic N) is 1. The van der Waals surface area contributed by atoms with E-state index in [1.54, 1.807) is 0 Å². The van der Waals surface area contributed by atoms with Gasteiger partial charge < -0.3 is 4.90 Å². The van der Waals surface area contributed by atoms with E-state index in [1.165, 1.54) is 5.56 Å². The van der Waals surface area contributed by atoms with Crippen LogP contribution in [-0.4, -0.2) is 17.4 Å². The van der Waals surface area contributed by atoms with Crippen LogP contribution in [-0.2, 0) is 13.0 Å². The predicted molar refractivity (Wildman–Crippen MR) is 103 cm³/mol. The van der Waals surface area contributed by atoms with Crippen LogP contribution in [0.25, 0.3) is 0 Å². The predicted octanol–water partition coefficient (Wildman–Crippen LogP) is 4.88. The maximum absolute atomic E-state index is 13.0. The zero-order chi connectivity index (χ0) is 17.5. The van der Waals surface area contributed by atoms with Crippen LogP contribution in [0.5, 0.6) is 0 Å². The fourth-order valence-corrected chi connectivity index (χ4v) is 2.84. The average Bonchev–Trinajstić information content (AvgIpc) is 2.67. The molecule has 2 nitrogen and oxygen atoms in total. The fraction of sp³-hybridized carbons (Fsp3) is 0.174. The normalized spacial score (nSPS) is 10.4. The van der Waals surface area contributed by atoms with Crippen LogP contribution < -0.4 is 0 Å². The molecule has 0 fully saturated rings. The Kier molecular flexibility index (Phi) is 5.63. The molecule has 3 aromatic rings. The van der Waals surface area contributed by atoms with Crippen molar-refractivity contribution in [1.82, 2.24) is 4.90 Å². The molecule has 0 aromatic heterocycles. The van der Waals surface area contributed by atoms with E-state index >= 15 is 0 Å². The highest BCUT2D eigenvalue weighted by Crippen LogP contribution is 2.13. The van der Waals surface area contributed by atoms with Crippen LogP contribution in [0.3, 0.4) is 0 Å². The van der Waals surface area contributed by atoms with Gasteiger partial charge in [-0.05, 0) is 36.6 Å². The number of aryl methyl sites for hydroxylation is 1. The molecule has 126 valence electrons. The Balaban J connectivity index is 1.77. The lowest BCUT2D eigenvalue weighted by molar-refractivity contribution is 0.0745. The summed E-state index contributed by atoms with van der Waals surface area (Å²) in [7, 11) is 0. The molecule has 0 heterocycles. The second kappa shape index (κ2) is 8.29. The van der Waals surface area contributed by atoms with E-state index in [1.807, 2.05) is 72.5 Å². The number of carbonyl (C=O) groups is 1. The third-order valence-electron chi connectivity index (χ3n) is 4.32. The number of amides is 1. The van der Waals surface area contributed by atoms with Gasteiger partial charge in [0.15, 0.2) is 0 Å². The molecule has 3 rings (SSSR count). The molecule has 0 atom stereocenters. The van der Waals surface area contributed by atoms with Gasteiger partial charge in [0.2, 0.25) is 0 Å². The Morgan fingerprint density at radius 1 is 0.760 bits per heavy atom. The second-order valence-electron chi connectivity index (χ2n) is 6.31. The van der Waals surface area contributed by atoms with Crippen molar-refractivity contribution in [3.63, 3.8) is 0 Å². The molecule has 25 heavy (non-hydrogen) atoms. The average molecular weight is 329 g/mol. The Labute approximate surface area is 149 Å². The van der Waals surface area contributed by atoms with Crippen molar-refractivity contribution in [1.29, 1.82) is 0 Å². The van der Waals surface area contributed by atoms with E-state index in [9.17, 15) is 4.79 Å². The van der Waals surface area contributed by atoms with Gasteiger partial charge in [-0.3, -0.25) is 4.79 Å². The molecule has 0 aliphatic heterocycles. The summed E-state index contributed by atoms with van der Waals surface area (Å²) in [4.78, 5) is 14.9. The van der Waals surface area contributed by atoms with Gasteiger partial charge in [-0.2, -0.15) is 0 Å². The van der Waals surface area contributed by atoms with Crippen LogP contribution in [0.4, 0.5) is 0 Å². The number of benzene rings is 3.